The smallest absolute Gasteiger partial charge is 0.324 e. The Hall–Kier alpha value is -6.01. The molecule has 1 aromatic carbocycles. The van der Waals surface area contributed by atoms with Gasteiger partial charge in [-0.05, 0) is 109 Å². The van der Waals surface area contributed by atoms with Crippen molar-refractivity contribution in [1.82, 2.24) is 54.8 Å². The number of alkyl halides is 1. The van der Waals surface area contributed by atoms with E-state index < -0.39 is 72.8 Å². The summed E-state index contributed by atoms with van der Waals surface area (Å²) < 4.78 is 30.9. The number of piperidine rings is 1. The zero-order chi connectivity index (χ0) is 52.4. The van der Waals surface area contributed by atoms with Crippen LogP contribution in [-0.4, -0.2) is 160 Å². The van der Waals surface area contributed by atoms with Crippen LogP contribution < -0.4 is 10.4 Å². The zero-order valence-corrected chi connectivity index (χ0v) is 44.9. The summed E-state index contributed by atoms with van der Waals surface area (Å²) in [5, 5.41) is 9.99. The van der Waals surface area contributed by atoms with E-state index in [4.69, 9.17) is 19.4 Å². The van der Waals surface area contributed by atoms with E-state index in [0.29, 0.717) is 43.0 Å². The predicted molar refractivity (Wildman–Crippen MR) is 273 cm³/mol. The SMILES string of the molecule is CCn1c(-c2cccnc2[C@H](C)OC)c2c3cc(ccc31)-c1n[nH]c(n1)C[Si](NC(=O)[C@H](C(C)C)N(C)C(=O)C1(F)CCN(C(=O)C#CC(C)(C)N(C)C)CC1)C(=O)N1CCC[C@H](N1)C(=O)OCC(C)(C)C2. The number of nitrogens with zero attached hydrogens (tertiary/aromatic N) is 8. The van der Waals surface area contributed by atoms with Crippen LogP contribution in [0.4, 0.5) is 9.18 Å². The van der Waals surface area contributed by atoms with Gasteiger partial charge in [0.05, 0.1) is 29.6 Å². The van der Waals surface area contributed by atoms with Crippen molar-refractivity contribution in [1.29, 1.82) is 0 Å². The highest BCUT2D eigenvalue weighted by Gasteiger charge is 2.48. The number of esters is 1. The van der Waals surface area contributed by atoms with Crippen LogP contribution in [0, 0.1) is 23.2 Å². The number of pyridine rings is 1. The number of halogens is 1. The van der Waals surface area contributed by atoms with Gasteiger partial charge in [0.2, 0.25) is 11.4 Å². The topological polar surface area (TPSA) is 200 Å². The molecule has 20 heteroatoms. The number of carbonyl (C=O) groups is 5. The molecule has 4 amide bonds. The highest BCUT2D eigenvalue weighted by molar-refractivity contribution is 6.88. The molecule has 4 aromatic rings. The van der Waals surface area contributed by atoms with Crippen LogP contribution in [0.2, 0.25) is 0 Å². The van der Waals surface area contributed by atoms with Crippen LogP contribution in [0.25, 0.3) is 33.5 Å². The number of methoxy groups -OCH3 is 1. The number of likely N-dealkylation sites (tertiary alicyclic amines) is 1. The second-order valence-electron chi connectivity index (χ2n) is 21.2. The van der Waals surface area contributed by atoms with Crippen LogP contribution in [-0.2, 0) is 47.7 Å². The van der Waals surface area contributed by atoms with Gasteiger partial charge in [-0.15, -0.1) is 0 Å². The Bertz CT molecular complexity index is 2750. The molecule has 7 rings (SSSR count). The lowest BCUT2D eigenvalue weighted by atomic mass is 9.84. The third kappa shape index (κ3) is 11.3. The Balaban J connectivity index is 1.20. The van der Waals surface area contributed by atoms with E-state index in [1.165, 1.54) is 17.0 Å². The average molecular weight is 1010 g/mol. The molecule has 0 aliphatic carbocycles. The molecule has 3 aromatic heterocycles. The van der Waals surface area contributed by atoms with E-state index in [1.54, 1.807) is 27.2 Å². The van der Waals surface area contributed by atoms with E-state index in [0.717, 1.165) is 38.3 Å². The summed E-state index contributed by atoms with van der Waals surface area (Å²) in [5.41, 5.74) is 4.66. The number of amides is 4. The quantitative estimate of drug-likeness (QED) is 0.105. The molecule has 6 bridgehead atoms. The van der Waals surface area contributed by atoms with Crippen LogP contribution in [0.15, 0.2) is 36.5 Å². The Kier molecular flexibility index (Phi) is 16.1. The number of aromatic amines is 1. The number of H-pyrrole nitrogens is 1. The summed E-state index contributed by atoms with van der Waals surface area (Å²) in [6.07, 6.45) is 2.37. The first kappa shape index (κ1) is 53.8. The molecule has 0 spiro atoms. The largest absolute Gasteiger partial charge is 0.464 e. The molecule has 0 unspecified atom stereocenters. The number of rotatable bonds is 10. The maximum Gasteiger partial charge on any atom is 0.324 e. The van der Waals surface area contributed by atoms with E-state index in [1.807, 2.05) is 51.9 Å². The molecule has 3 aliphatic heterocycles. The third-order valence-corrected chi connectivity index (χ3v) is 16.4. The van der Waals surface area contributed by atoms with Crippen molar-refractivity contribution in [3.63, 3.8) is 0 Å². The number of benzene rings is 1. The van der Waals surface area contributed by atoms with Crippen LogP contribution in [0.5, 0.6) is 0 Å². The summed E-state index contributed by atoms with van der Waals surface area (Å²) in [7, 11) is 4.10. The Morgan fingerprint density at radius 3 is 2.49 bits per heavy atom. The average Bonchev–Trinajstić information content (AvgIpc) is 3.95. The van der Waals surface area contributed by atoms with Crippen molar-refractivity contribution in [2.45, 2.75) is 129 Å². The molecule has 2 saturated heterocycles. The summed E-state index contributed by atoms with van der Waals surface area (Å²) in [5.74, 6) is 3.41. The molecule has 2 fully saturated rings. The maximum atomic E-state index is 16.7. The van der Waals surface area contributed by atoms with Crippen molar-refractivity contribution in [2.75, 3.05) is 54.5 Å². The summed E-state index contributed by atoms with van der Waals surface area (Å²) in [4.78, 5) is 87.5. The molecule has 387 valence electrons. The fourth-order valence-corrected chi connectivity index (χ4v) is 11.5. The van der Waals surface area contributed by atoms with Crippen LogP contribution in [0.1, 0.15) is 104 Å². The minimum Gasteiger partial charge on any atom is -0.464 e. The number of hydrazine groups is 1. The molecule has 18 nitrogen and oxygen atoms in total. The van der Waals surface area contributed by atoms with Gasteiger partial charge in [0.1, 0.15) is 17.9 Å². The number of fused-ring (bicyclic) bond motifs is 6. The van der Waals surface area contributed by atoms with Crippen molar-refractivity contribution >= 4 is 49.1 Å². The van der Waals surface area contributed by atoms with E-state index in [9.17, 15) is 24.0 Å². The number of hydrogen-bond acceptors (Lipinski definition) is 12. The van der Waals surface area contributed by atoms with E-state index >= 15 is 4.39 Å². The Morgan fingerprint density at radius 2 is 1.82 bits per heavy atom. The number of aromatic nitrogens is 5. The van der Waals surface area contributed by atoms with Crippen LogP contribution >= 0.6 is 0 Å². The summed E-state index contributed by atoms with van der Waals surface area (Å²) >= 11 is 0. The first-order valence-corrected chi connectivity index (χ1v) is 26.6. The molecular formula is C52H71FN11O7Si. The highest BCUT2D eigenvalue weighted by atomic mass is 28.3. The number of cyclic esters (lactones) is 1. The van der Waals surface area contributed by atoms with Gasteiger partial charge in [-0.25, -0.2) is 14.8 Å². The van der Waals surface area contributed by atoms with E-state index in [2.05, 4.69) is 76.0 Å². The number of nitrogens with one attached hydrogen (secondary N) is 3. The van der Waals surface area contributed by atoms with Gasteiger partial charge < -0.3 is 28.8 Å². The molecule has 3 atom stereocenters. The number of ether oxygens (including phenoxy) is 2. The first-order valence-electron chi connectivity index (χ1n) is 24.9. The first-order chi connectivity index (χ1) is 34.0. The zero-order valence-electron chi connectivity index (χ0n) is 43.9. The number of likely N-dealkylation sites (N-methyl/N-ethyl adjacent to an activating group) is 1. The molecule has 6 heterocycles. The summed E-state index contributed by atoms with van der Waals surface area (Å²) in [6.45, 7) is 16.4. The van der Waals surface area contributed by atoms with Gasteiger partial charge in [0, 0.05) is 92.9 Å². The monoisotopic (exact) mass is 1010 g/mol. The van der Waals surface area contributed by atoms with Gasteiger partial charge in [-0.2, -0.15) is 5.10 Å². The minimum atomic E-state index is -2.68. The molecule has 72 heavy (non-hydrogen) atoms. The number of aryl methyl sites for hydroxylation is 1. The highest BCUT2D eigenvalue weighted by Crippen LogP contribution is 2.42. The molecule has 3 N–H and O–H groups in total. The Morgan fingerprint density at radius 1 is 1.10 bits per heavy atom. The van der Waals surface area contributed by atoms with Crippen molar-refractivity contribution < 1.29 is 37.8 Å². The summed E-state index contributed by atoms with van der Waals surface area (Å²) in [6, 6.07) is 8.01. The van der Waals surface area contributed by atoms with Gasteiger partial charge in [0.25, 0.3) is 20.8 Å². The van der Waals surface area contributed by atoms with Gasteiger partial charge in [-0.3, -0.25) is 44.0 Å². The van der Waals surface area contributed by atoms with Gasteiger partial charge in [-0.1, -0.05) is 33.6 Å². The maximum absolute atomic E-state index is 16.7. The fourth-order valence-electron chi connectivity index (χ4n) is 9.70. The predicted octanol–water partition coefficient (Wildman–Crippen LogP) is 5.36. The lowest BCUT2D eigenvalue weighted by Crippen LogP contribution is -2.64. The second-order valence-corrected chi connectivity index (χ2v) is 23.2. The van der Waals surface area contributed by atoms with Crippen molar-refractivity contribution in [3.8, 4) is 34.5 Å². The molecular weight excluding hydrogens is 938 g/mol. The lowest BCUT2D eigenvalue weighted by Gasteiger charge is -2.40. The Labute approximate surface area is 423 Å². The van der Waals surface area contributed by atoms with E-state index in [-0.39, 0.29) is 51.2 Å². The van der Waals surface area contributed by atoms with Crippen LogP contribution in [0.3, 0.4) is 0 Å². The molecule has 1 radical (unpaired) electrons. The second kappa shape index (κ2) is 21.6. The van der Waals surface area contributed by atoms with Gasteiger partial charge in [0.15, 0.2) is 11.5 Å². The van der Waals surface area contributed by atoms with Crippen molar-refractivity contribution in [2.24, 2.45) is 11.3 Å². The standard InChI is InChI=1S/C52H71FN11O7Si/c1-13-63-39-19-18-34-28-36(39)37(44(63)35-16-14-24-54-42(35)33(4)70-12)29-50(5,6)31-71-47(67)38-17-15-25-64(58-38)49(69)72(30-40-55-45(34)57-56-40)59-46(66)43(32(2)3)61(11)48(68)52(53)22-26-62(27-23-52)41(65)20-21-51(7,8)60(9)10/h14,16,18-19,24,28,32-33,38,43,58H,13,15,17,22-23,25-27,29-31H2,1-12H3,(H,59,66)(H,55,56,57)/t33-,38-,43-/m0/s1. The molecule has 3 aliphatic rings. The fraction of sp³-hybridized carbons (Fsp3) is 0.577. The molecule has 0 saturated carbocycles. The van der Waals surface area contributed by atoms with Crippen molar-refractivity contribution in [3.05, 3.63) is 53.6 Å². The third-order valence-electron chi connectivity index (χ3n) is 14.4. The number of carbonyl (C=O) groups excluding carboxylic acids is 5. The van der Waals surface area contributed by atoms with Gasteiger partial charge >= 0.3 is 5.97 Å². The lowest BCUT2D eigenvalue weighted by molar-refractivity contribution is -0.153. The normalized spacial score (nSPS) is 19.6. The number of hydrogen-bond donors (Lipinski definition) is 3. The minimum absolute atomic E-state index is 0.0253.